The summed E-state index contributed by atoms with van der Waals surface area (Å²) in [6.07, 6.45) is 1.28. The average Bonchev–Trinajstić information content (AvgIpc) is 3.24. The molecule has 0 aliphatic carbocycles. The van der Waals surface area contributed by atoms with E-state index in [9.17, 15) is 18.0 Å². The monoisotopic (exact) mass is 429 g/mol. The first kappa shape index (κ1) is 20.9. The Kier molecular flexibility index (Phi) is 6.47. The van der Waals surface area contributed by atoms with Crippen LogP contribution in [-0.4, -0.2) is 80.4 Å². The van der Waals surface area contributed by atoms with Crippen molar-refractivity contribution in [3.63, 3.8) is 0 Å². The van der Waals surface area contributed by atoms with Crippen molar-refractivity contribution in [2.24, 2.45) is 0 Å². The first-order valence-electron chi connectivity index (χ1n) is 9.35. The van der Waals surface area contributed by atoms with Gasteiger partial charge in [0.15, 0.2) is 0 Å². The number of hydrogen-bond donors (Lipinski definition) is 0. The summed E-state index contributed by atoms with van der Waals surface area (Å²) in [6.45, 7) is 4.39. The number of carbonyl (C=O) groups is 2. The standard InChI is InChI=1S/C18H24ClN3O5S/c1-2-27-18(24)21-11-9-20(10-12-21)17(23)15-13-14(5-6-16(15)19)28(25,26)22-7-3-4-8-22/h5-6,13H,2-4,7-12H2,1H3. The van der Waals surface area contributed by atoms with Gasteiger partial charge in [-0.3, -0.25) is 4.79 Å². The minimum absolute atomic E-state index is 0.0762. The molecule has 8 nitrogen and oxygen atoms in total. The summed E-state index contributed by atoms with van der Waals surface area (Å²) in [5.74, 6) is -0.341. The maximum Gasteiger partial charge on any atom is 0.409 e. The fraction of sp³-hybridized carbons (Fsp3) is 0.556. The summed E-state index contributed by atoms with van der Waals surface area (Å²) >= 11 is 6.20. The Labute approximate surface area is 170 Å². The van der Waals surface area contributed by atoms with Crippen LogP contribution in [0.2, 0.25) is 5.02 Å². The zero-order valence-electron chi connectivity index (χ0n) is 15.8. The van der Waals surface area contributed by atoms with E-state index in [0.29, 0.717) is 45.9 Å². The van der Waals surface area contributed by atoms with Crippen LogP contribution < -0.4 is 0 Å². The van der Waals surface area contributed by atoms with Gasteiger partial charge in [0, 0.05) is 39.3 Å². The molecule has 2 fully saturated rings. The highest BCUT2D eigenvalue weighted by atomic mass is 35.5. The third-order valence-corrected chi connectivity index (χ3v) is 7.19. The van der Waals surface area contributed by atoms with Crippen LogP contribution in [0.15, 0.2) is 23.1 Å². The maximum absolute atomic E-state index is 12.9. The average molecular weight is 430 g/mol. The lowest BCUT2D eigenvalue weighted by Crippen LogP contribution is -2.50. The van der Waals surface area contributed by atoms with Crippen molar-refractivity contribution >= 4 is 33.6 Å². The quantitative estimate of drug-likeness (QED) is 0.730. The van der Waals surface area contributed by atoms with E-state index in [1.54, 1.807) is 16.7 Å². The molecule has 2 heterocycles. The van der Waals surface area contributed by atoms with E-state index in [0.717, 1.165) is 12.8 Å². The molecule has 0 unspecified atom stereocenters. The molecule has 10 heteroatoms. The van der Waals surface area contributed by atoms with Gasteiger partial charge in [-0.25, -0.2) is 13.2 Å². The molecule has 0 aromatic heterocycles. The largest absolute Gasteiger partial charge is 0.450 e. The lowest BCUT2D eigenvalue weighted by atomic mass is 10.2. The Hall–Kier alpha value is -1.84. The van der Waals surface area contributed by atoms with Gasteiger partial charge >= 0.3 is 6.09 Å². The number of amides is 2. The van der Waals surface area contributed by atoms with Crippen LogP contribution in [0, 0.1) is 0 Å². The normalized spacial score (nSPS) is 18.4. The predicted octanol–water partition coefficient (Wildman–Crippen LogP) is 2.04. The molecule has 2 amide bonds. The number of sulfonamides is 1. The predicted molar refractivity (Wildman–Crippen MR) is 104 cm³/mol. The Morgan fingerprint density at radius 2 is 1.64 bits per heavy atom. The highest BCUT2D eigenvalue weighted by Crippen LogP contribution is 2.26. The summed E-state index contributed by atoms with van der Waals surface area (Å²) in [7, 11) is -3.63. The van der Waals surface area contributed by atoms with Gasteiger partial charge in [0.1, 0.15) is 0 Å². The number of ether oxygens (including phenoxy) is 1. The molecule has 0 spiro atoms. The molecule has 0 radical (unpaired) electrons. The number of hydrogen-bond acceptors (Lipinski definition) is 5. The summed E-state index contributed by atoms with van der Waals surface area (Å²) in [6, 6.07) is 4.24. The van der Waals surface area contributed by atoms with Crippen molar-refractivity contribution in [2.75, 3.05) is 45.9 Å². The second-order valence-corrected chi connectivity index (χ2v) is 9.08. The molecule has 2 saturated heterocycles. The molecule has 0 N–H and O–H groups in total. The Bertz CT molecular complexity index is 847. The van der Waals surface area contributed by atoms with Gasteiger partial charge in [-0.1, -0.05) is 11.6 Å². The molecule has 1 aromatic carbocycles. The van der Waals surface area contributed by atoms with Crippen LogP contribution in [0.3, 0.4) is 0 Å². The van der Waals surface area contributed by atoms with Crippen molar-refractivity contribution in [1.82, 2.24) is 14.1 Å². The van der Waals surface area contributed by atoms with Crippen molar-refractivity contribution in [3.05, 3.63) is 28.8 Å². The summed E-state index contributed by atoms with van der Waals surface area (Å²) in [4.78, 5) is 27.9. The lowest BCUT2D eigenvalue weighted by Gasteiger charge is -2.34. The zero-order chi connectivity index (χ0) is 20.3. The number of carbonyl (C=O) groups excluding carboxylic acids is 2. The zero-order valence-corrected chi connectivity index (χ0v) is 17.3. The molecule has 28 heavy (non-hydrogen) atoms. The number of nitrogens with zero attached hydrogens (tertiary/aromatic N) is 3. The molecule has 154 valence electrons. The second-order valence-electron chi connectivity index (χ2n) is 6.73. The fourth-order valence-corrected chi connectivity index (χ4v) is 5.13. The number of benzene rings is 1. The van der Waals surface area contributed by atoms with Crippen LogP contribution in [0.4, 0.5) is 4.79 Å². The minimum Gasteiger partial charge on any atom is -0.450 e. The fourth-order valence-electron chi connectivity index (χ4n) is 3.38. The molecular weight excluding hydrogens is 406 g/mol. The van der Waals surface area contributed by atoms with Crippen LogP contribution in [0.5, 0.6) is 0 Å². The van der Waals surface area contributed by atoms with Crippen molar-refractivity contribution < 1.29 is 22.7 Å². The topological polar surface area (TPSA) is 87.2 Å². The molecule has 0 bridgehead atoms. The third-order valence-electron chi connectivity index (χ3n) is 4.96. The van der Waals surface area contributed by atoms with Crippen molar-refractivity contribution in [2.45, 2.75) is 24.7 Å². The molecule has 2 aliphatic rings. The van der Waals surface area contributed by atoms with E-state index >= 15 is 0 Å². The Morgan fingerprint density at radius 3 is 2.25 bits per heavy atom. The maximum atomic E-state index is 12.9. The lowest BCUT2D eigenvalue weighted by molar-refractivity contribution is 0.0570. The van der Waals surface area contributed by atoms with Gasteiger partial charge in [-0.15, -0.1) is 0 Å². The van der Waals surface area contributed by atoms with Gasteiger partial charge in [-0.2, -0.15) is 4.31 Å². The van der Waals surface area contributed by atoms with E-state index in [1.165, 1.54) is 22.5 Å². The van der Waals surface area contributed by atoms with E-state index in [2.05, 4.69) is 0 Å². The van der Waals surface area contributed by atoms with Crippen molar-refractivity contribution in [1.29, 1.82) is 0 Å². The van der Waals surface area contributed by atoms with E-state index < -0.39 is 16.1 Å². The van der Waals surface area contributed by atoms with Crippen LogP contribution in [-0.2, 0) is 14.8 Å². The molecule has 2 aliphatic heterocycles. The molecular formula is C18H24ClN3O5S. The van der Waals surface area contributed by atoms with E-state index in [4.69, 9.17) is 16.3 Å². The minimum atomic E-state index is -3.63. The Morgan fingerprint density at radius 1 is 1.04 bits per heavy atom. The van der Waals surface area contributed by atoms with Crippen molar-refractivity contribution in [3.8, 4) is 0 Å². The number of rotatable bonds is 4. The van der Waals surface area contributed by atoms with Gasteiger partial charge in [0.2, 0.25) is 10.0 Å². The summed E-state index contributed by atoms with van der Waals surface area (Å²) in [5, 5.41) is 0.207. The van der Waals surface area contributed by atoms with Crippen LogP contribution in [0.1, 0.15) is 30.1 Å². The SMILES string of the molecule is CCOC(=O)N1CCN(C(=O)c2cc(S(=O)(=O)N3CCCC3)ccc2Cl)CC1. The van der Waals surface area contributed by atoms with Crippen LogP contribution >= 0.6 is 11.6 Å². The highest BCUT2D eigenvalue weighted by molar-refractivity contribution is 7.89. The molecule has 1 aromatic rings. The number of piperazine rings is 1. The first-order chi connectivity index (χ1) is 13.3. The van der Waals surface area contributed by atoms with Crippen LogP contribution in [0.25, 0.3) is 0 Å². The molecule has 3 rings (SSSR count). The summed E-state index contributed by atoms with van der Waals surface area (Å²) < 4.78 is 32.0. The van der Waals surface area contributed by atoms with Gasteiger partial charge < -0.3 is 14.5 Å². The highest BCUT2D eigenvalue weighted by Gasteiger charge is 2.30. The molecule has 0 atom stereocenters. The first-order valence-corrected chi connectivity index (χ1v) is 11.2. The van der Waals surface area contributed by atoms with Gasteiger partial charge in [0.05, 0.1) is 22.1 Å². The molecule has 0 saturated carbocycles. The van der Waals surface area contributed by atoms with Gasteiger partial charge in [-0.05, 0) is 38.0 Å². The Balaban J connectivity index is 1.75. The third kappa shape index (κ3) is 4.26. The van der Waals surface area contributed by atoms with E-state index in [-0.39, 0.29) is 21.4 Å². The smallest absolute Gasteiger partial charge is 0.409 e. The van der Waals surface area contributed by atoms with E-state index in [1.807, 2.05) is 0 Å². The number of halogens is 1. The van der Waals surface area contributed by atoms with Gasteiger partial charge in [0.25, 0.3) is 5.91 Å². The summed E-state index contributed by atoms with van der Waals surface area (Å²) in [5.41, 5.74) is 0.159. The second kappa shape index (κ2) is 8.67.